The summed E-state index contributed by atoms with van der Waals surface area (Å²) in [5.74, 6) is 0.895. The van der Waals surface area contributed by atoms with Gasteiger partial charge in [0.05, 0.1) is 0 Å². The maximum Gasteiger partial charge on any atom is 0.0372 e. The molecule has 106 valence electrons. The third-order valence-corrected chi connectivity index (χ3v) is 4.52. The van der Waals surface area contributed by atoms with Gasteiger partial charge >= 0.3 is 0 Å². The molecule has 1 aliphatic rings. The Labute approximate surface area is 118 Å². The van der Waals surface area contributed by atoms with Gasteiger partial charge in [0.2, 0.25) is 0 Å². The van der Waals surface area contributed by atoms with E-state index in [1.54, 1.807) is 0 Å². The van der Waals surface area contributed by atoms with Crippen LogP contribution in [0.2, 0.25) is 0 Å². The number of hydrogen-bond acceptors (Lipinski definition) is 2. The Hall–Kier alpha value is -0.890. The highest BCUT2D eigenvalue weighted by Gasteiger charge is 2.29. The van der Waals surface area contributed by atoms with Gasteiger partial charge in [-0.1, -0.05) is 26.8 Å². The van der Waals surface area contributed by atoms with E-state index in [4.69, 9.17) is 0 Å². The highest BCUT2D eigenvalue weighted by atomic mass is 14.9. The Kier molecular flexibility index (Phi) is 4.62. The molecule has 1 aliphatic carbocycles. The maximum atomic E-state index is 4.35. The number of hydrogen-bond donors (Lipinski definition) is 1. The molecule has 0 aliphatic heterocycles. The van der Waals surface area contributed by atoms with Gasteiger partial charge in [-0.15, -0.1) is 0 Å². The summed E-state index contributed by atoms with van der Waals surface area (Å²) in [6.07, 6.45) is 7.37. The van der Waals surface area contributed by atoms with Crippen LogP contribution in [0.1, 0.15) is 57.7 Å². The second kappa shape index (κ2) is 6.04. The number of aryl methyl sites for hydroxylation is 1. The first-order chi connectivity index (χ1) is 8.95. The van der Waals surface area contributed by atoms with E-state index in [1.807, 2.05) is 13.1 Å². The molecule has 0 unspecified atom stereocenters. The average Bonchev–Trinajstić information content (AvgIpc) is 2.37. The molecule has 0 aromatic carbocycles. The molecule has 2 heteroatoms. The summed E-state index contributed by atoms with van der Waals surface area (Å²) in [7, 11) is 0. The van der Waals surface area contributed by atoms with Gasteiger partial charge in [-0.2, -0.15) is 0 Å². The average molecular weight is 260 g/mol. The molecule has 19 heavy (non-hydrogen) atoms. The van der Waals surface area contributed by atoms with Crippen LogP contribution in [0.25, 0.3) is 0 Å². The summed E-state index contributed by atoms with van der Waals surface area (Å²) in [5, 5.41) is 3.69. The summed E-state index contributed by atoms with van der Waals surface area (Å²) >= 11 is 0. The monoisotopic (exact) mass is 260 g/mol. The second-order valence-corrected chi connectivity index (χ2v) is 7.10. The summed E-state index contributed by atoms with van der Waals surface area (Å²) < 4.78 is 0. The predicted molar refractivity (Wildman–Crippen MR) is 81.0 cm³/mol. The van der Waals surface area contributed by atoms with Gasteiger partial charge in [0.15, 0.2) is 0 Å². The van der Waals surface area contributed by atoms with Crippen molar-refractivity contribution >= 4 is 0 Å². The number of aromatic nitrogens is 1. The largest absolute Gasteiger partial charge is 0.310 e. The van der Waals surface area contributed by atoms with Crippen LogP contribution in [0.3, 0.4) is 0 Å². The van der Waals surface area contributed by atoms with E-state index in [-0.39, 0.29) is 0 Å². The van der Waals surface area contributed by atoms with Crippen LogP contribution < -0.4 is 5.32 Å². The Morgan fingerprint density at radius 3 is 2.37 bits per heavy atom. The highest BCUT2D eigenvalue weighted by Crippen LogP contribution is 2.37. The minimum atomic E-state index is 0.478. The van der Waals surface area contributed by atoms with Crippen molar-refractivity contribution < 1.29 is 0 Å². The third-order valence-electron chi connectivity index (χ3n) is 4.52. The van der Waals surface area contributed by atoms with Gasteiger partial charge in [0.25, 0.3) is 0 Å². The smallest absolute Gasteiger partial charge is 0.0372 e. The van der Waals surface area contributed by atoms with Crippen molar-refractivity contribution in [3.8, 4) is 0 Å². The van der Waals surface area contributed by atoms with Crippen molar-refractivity contribution in [3.05, 3.63) is 29.6 Å². The number of rotatable bonds is 3. The molecule has 0 radical (unpaired) electrons. The SMILES string of the molecule is Cc1ccc(CNC2CCC(C(C)(C)C)CC2)cn1. The van der Waals surface area contributed by atoms with E-state index in [1.165, 1.54) is 31.2 Å². The first-order valence-corrected chi connectivity index (χ1v) is 7.60. The van der Waals surface area contributed by atoms with Gasteiger partial charge in [0, 0.05) is 24.5 Å². The van der Waals surface area contributed by atoms with Crippen molar-refractivity contribution in [2.45, 2.75) is 66.0 Å². The lowest BCUT2D eigenvalue weighted by atomic mass is 9.71. The fourth-order valence-electron chi connectivity index (χ4n) is 3.03. The number of pyridine rings is 1. The second-order valence-electron chi connectivity index (χ2n) is 7.10. The molecule has 0 spiro atoms. The Morgan fingerprint density at radius 1 is 1.16 bits per heavy atom. The first-order valence-electron chi connectivity index (χ1n) is 7.60. The molecule has 0 bridgehead atoms. The Morgan fingerprint density at radius 2 is 1.84 bits per heavy atom. The van der Waals surface area contributed by atoms with E-state index in [9.17, 15) is 0 Å². The van der Waals surface area contributed by atoms with Crippen LogP contribution in [0.4, 0.5) is 0 Å². The van der Waals surface area contributed by atoms with Gasteiger partial charge in [-0.25, -0.2) is 0 Å². The van der Waals surface area contributed by atoms with Crippen molar-refractivity contribution in [1.29, 1.82) is 0 Å². The topological polar surface area (TPSA) is 24.9 Å². The van der Waals surface area contributed by atoms with Gasteiger partial charge in [-0.05, 0) is 55.6 Å². The highest BCUT2D eigenvalue weighted by molar-refractivity contribution is 5.12. The standard InChI is InChI=1S/C17H28N2/c1-13-5-6-14(11-18-13)12-19-16-9-7-15(8-10-16)17(2,3)4/h5-6,11,15-16,19H,7-10,12H2,1-4H3. The zero-order valence-electron chi connectivity index (χ0n) is 12.9. The normalized spacial score (nSPS) is 24.4. The lowest BCUT2D eigenvalue weighted by Crippen LogP contribution is -2.35. The van der Waals surface area contributed by atoms with E-state index >= 15 is 0 Å². The third kappa shape index (κ3) is 4.31. The van der Waals surface area contributed by atoms with Crippen LogP contribution in [0.15, 0.2) is 18.3 Å². The lowest BCUT2D eigenvalue weighted by Gasteiger charge is -2.37. The van der Waals surface area contributed by atoms with Crippen LogP contribution in [0, 0.1) is 18.3 Å². The molecular weight excluding hydrogens is 232 g/mol. The minimum Gasteiger partial charge on any atom is -0.310 e. The molecule has 2 nitrogen and oxygen atoms in total. The molecule has 1 aromatic rings. The molecule has 1 fully saturated rings. The van der Waals surface area contributed by atoms with E-state index in [0.29, 0.717) is 11.5 Å². The van der Waals surface area contributed by atoms with Crippen LogP contribution in [0.5, 0.6) is 0 Å². The molecule has 1 N–H and O–H groups in total. The van der Waals surface area contributed by atoms with Crippen molar-refractivity contribution in [1.82, 2.24) is 10.3 Å². The Bertz CT molecular complexity index is 381. The van der Waals surface area contributed by atoms with Crippen LogP contribution >= 0.6 is 0 Å². The molecule has 0 saturated heterocycles. The maximum absolute atomic E-state index is 4.35. The first kappa shape index (κ1) is 14.5. The molecule has 0 atom stereocenters. The fraction of sp³-hybridized carbons (Fsp3) is 0.706. The summed E-state index contributed by atoms with van der Waals surface area (Å²) in [6, 6.07) is 4.96. The van der Waals surface area contributed by atoms with Crippen molar-refractivity contribution in [2.24, 2.45) is 11.3 Å². The summed E-state index contributed by atoms with van der Waals surface area (Å²) in [4.78, 5) is 4.35. The molecule has 1 saturated carbocycles. The van der Waals surface area contributed by atoms with Gasteiger partial charge in [0.1, 0.15) is 0 Å². The fourth-order valence-corrected chi connectivity index (χ4v) is 3.03. The summed E-state index contributed by atoms with van der Waals surface area (Å²) in [5.41, 5.74) is 2.87. The quantitative estimate of drug-likeness (QED) is 0.885. The van der Waals surface area contributed by atoms with E-state index < -0.39 is 0 Å². The van der Waals surface area contributed by atoms with Gasteiger partial charge in [-0.3, -0.25) is 4.98 Å². The van der Waals surface area contributed by atoms with Crippen molar-refractivity contribution in [3.63, 3.8) is 0 Å². The van der Waals surface area contributed by atoms with E-state index in [0.717, 1.165) is 18.2 Å². The number of nitrogens with zero attached hydrogens (tertiary/aromatic N) is 1. The molecule has 2 rings (SSSR count). The van der Waals surface area contributed by atoms with Gasteiger partial charge < -0.3 is 5.32 Å². The van der Waals surface area contributed by atoms with Crippen LogP contribution in [-0.4, -0.2) is 11.0 Å². The molecular formula is C17H28N2. The molecule has 0 amide bonds. The predicted octanol–water partition coefficient (Wildman–Crippen LogP) is 4.08. The zero-order valence-corrected chi connectivity index (χ0v) is 12.9. The minimum absolute atomic E-state index is 0.478. The van der Waals surface area contributed by atoms with Crippen LogP contribution in [-0.2, 0) is 6.54 Å². The zero-order chi connectivity index (χ0) is 13.9. The molecule has 1 aromatic heterocycles. The van der Waals surface area contributed by atoms with Crippen molar-refractivity contribution in [2.75, 3.05) is 0 Å². The Balaban J connectivity index is 1.75. The summed E-state index contributed by atoms with van der Waals surface area (Å²) in [6.45, 7) is 10.1. The molecule has 1 heterocycles. The number of nitrogens with one attached hydrogen (secondary N) is 1. The lowest BCUT2D eigenvalue weighted by molar-refractivity contribution is 0.160. The van der Waals surface area contributed by atoms with E-state index in [2.05, 4.69) is 43.2 Å².